The van der Waals surface area contributed by atoms with Crippen LogP contribution in [-0.2, 0) is 6.54 Å². The molecule has 0 radical (unpaired) electrons. The van der Waals surface area contributed by atoms with Gasteiger partial charge in [0, 0.05) is 23.3 Å². The van der Waals surface area contributed by atoms with Gasteiger partial charge >= 0.3 is 5.69 Å². The van der Waals surface area contributed by atoms with Crippen LogP contribution in [0.4, 0.5) is 11.5 Å². The molecular formula is C11H12N4O2S. The summed E-state index contributed by atoms with van der Waals surface area (Å²) in [5.41, 5.74) is 1.70. The van der Waals surface area contributed by atoms with E-state index < -0.39 is 4.92 Å². The summed E-state index contributed by atoms with van der Waals surface area (Å²) in [4.78, 5) is 18.8. The van der Waals surface area contributed by atoms with Crippen molar-refractivity contribution in [2.75, 3.05) is 5.32 Å². The molecule has 0 aliphatic rings. The SMILES string of the molecule is Cc1cnc(NCc2nc(C)cs2)c([N+](=O)[O-])c1. The van der Waals surface area contributed by atoms with E-state index in [0.717, 1.165) is 16.3 Å². The van der Waals surface area contributed by atoms with Crippen LogP contribution in [0.2, 0.25) is 0 Å². The number of rotatable bonds is 4. The second-order valence-electron chi connectivity index (χ2n) is 3.87. The number of anilines is 1. The molecule has 0 saturated heterocycles. The Balaban J connectivity index is 2.16. The summed E-state index contributed by atoms with van der Waals surface area (Å²) < 4.78 is 0. The van der Waals surface area contributed by atoms with Crippen LogP contribution >= 0.6 is 11.3 Å². The number of nitrogens with zero attached hydrogens (tertiary/aromatic N) is 3. The normalized spacial score (nSPS) is 10.3. The van der Waals surface area contributed by atoms with E-state index in [-0.39, 0.29) is 11.5 Å². The van der Waals surface area contributed by atoms with Gasteiger partial charge in [0.25, 0.3) is 0 Å². The van der Waals surface area contributed by atoms with Crippen molar-refractivity contribution in [1.82, 2.24) is 9.97 Å². The minimum atomic E-state index is -0.435. The van der Waals surface area contributed by atoms with E-state index in [9.17, 15) is 10.1 Å². The number of aryl methyl sites for hydroxylation is 2. The third kappa shape index (κ3) is 2.80. The van der Waals surface area contributed by atoms with Gasteiger partial charge in [-0.05, 0) is 19.4 Å². The highest BCUT2D eigenvalue weighted by Gasteiger charge is 2.15. The molecule has 0 spiro atoms. The Labute approximate surface area is 108 Å². The summed E-state index contributed by atoms with van der Waals surface area (Å²) in [6.45, 7) is 4.12. The first-order chi connectivity index (χ1) is 8.56. The van der Waals surface area contributed by atoms with Gasteiger partial charge in [0.1, 0.15) is 5.01 Å². The summed E-state index contributed by atoms with van der Waals surface area (Å²) in [6, 6.07) is 1.50. The lowest BCUT2D eigenvalue weighted by molar-refractivity contribution is -0.384. The number of hydrogen-bond acceptors (Lipinski definition) is 6. The predicted molar refractivity (Wildman–Crippen MR) is 69.8 cm³/mol. The molecule has 0 fully saturated rings. The number of pyridine rings is 1. The van der Waals surface area contributed by atoms with Crippen LogP contribution in [0.1, 0.15) is 16.3 Å². The summed E-state index contributed by atoms with van der Waals surface area (Å²) >= 11 is 1.51. The number of nitro groups is 1. The van der Waals surface area contributed by atoms with Gasteiger partial charge in [-0.15, -0.1) is 11.3 Å². The summed E-state index contributed by atoms with van der Waals surface area (Å²) in [5.74, 6) is 0.276. The highest BCUT2D eigenvalue weighted by molar-refractivity contribution is 7.09. The first kappa shape index (κ1) is 12.4. The van der Waals surface area contributed by atoms with Crippen molar-refractivity contribution in [3.63, 3.8) is 0 Å². The minimum Gasteiger partial charge on any atom is -0.358 e. The number of aromatic nitrogens is 2. The molecule has 94 valence electrons. The standard InChI is InChI=1S/C11H12N4O2S/c1-7-3-9(15(16)17)11(12-4-7)13-5-10-14-8(2)6-18-10/h3-4,6H,5H2,1-2H3,(H,12,13). The third-order valence-electron chi connectivity index (χ3n) is 2.27. The first-order valence-electron chi connectivity index (χ1n) is 5.32. The van der Waals surface area contributed by atoms with Crippen molar-refractivity contribution in [1.29, 1.82) is 0 Å². The van der Waals surface area contributed by atoms with Crippen LogP contribution in [0.3, 0.4) is 0 Å². The Morgan fingerprint density at radius 2 is 2.28 bits per heavy atom. The maximum Gasteiger partial charge on any atom is 0.311 e. The quantitative estimate of drug-likeness (QED) is 0.678. The Morgan fingerprint density at radius 3 is 2.89 bits per heavy atom. The Morgan fingerprint density at radius 1 is 1.50 bits per heavy atom. The maximum absolute atomic E-state index is 10.9. The molecule has 0 atom stereocenters. The van der Waals surface area contributed by atoms with Crippen LogP contribution in [-0.4, -0.2) is 14.9 Å². The summed E-state index contributed by atoms with van der Waals surface area (Å²) in [5, 5.41) is 16.7. The van der Waals surface area contributed by atoms with E-state index in [4.69, 9.17) is 0 Å². The van der Waals surface area contributed by atoms with Crippen molar-refractivity contribution in [2.45, 2.75) is 20.4 Å². The van der Waals surface area contributed by atoms with Crippen molar-refractivity contribution in [3.8, 4) is 0 Å². The van der Waals surface area contributed by atoms with Crippen LogP contribution in [0, 0.1) is 24.0 Å². The largest absolute Gasteiger partial charge is 0.358 e. The Kier molecular flexibility index (Phi) is 3.52. The summed E-state index contributed by atoms with van der Waals surface area (Å²) in [6.07, 6.45) is 1.60. The molecule has 0 aromatic carbocycles. The maximum atomic E-state index is 10.9. The molecule has 2 heterocycles. The molecule has 0 aliphatic carbocycles. The van der Waals surface area contributed by atoms with Crippen LogP contribution in [0.5, 0.6) is 0 Å². The molecule has 18 heavy (non-hydrogen) atoms. The lowest BCUT2D eigenvalue weighted by Crippen LogP contribution is -2.04. The molecule has 7 heteroatoms. The van der Waals surface area contributed by atoms with Gasteiger partial charge in [-0.2, -0.15) is 0 Å². The average Bonchev–Trinajstić information content (AvgIpc) is 2.73. The Hall–Kier alpha value is -2.02. The van der Waals surface area contributed by atoms with Crippen LogP contribution in [0.25, 0.3) is 0 Å². The lowest BCUT2D eigenvalue weighted by atomic mass is 10.3. The zero-order valence-electron chi connectivity index (χ0n) is 10.0. The van der Waals surface area contributed by atoms with E-state index in [1.165, 1.54) is 17.4 Å². The molecule has 0 unspecified atom stereocenters. The highest BCUT2D eigenvalue weighted by Crippen LogP contribution is 2.23. The van der Waals surface area contributed by atoms with Crippen molar-refractivity contribution in [2.24, 2.45) is 0 Å². The van der Waals surface area contributed by atoms with Gasteiger partial charge < -0.3 is 5.32 Å². The van der Waals surface area contributed by atoms with Gasteiger partial charge in [-0.3, -0.25) is 10.1 Å². The van der Waals surface area contributed by atoms with Gasteiger partial charge in [0.2, 0.25) is 5.82 Å². The molecule has 0 bridgehead atoms. The molecule has 6 nitrogen and oxygen atoms in total. The first-order valence-corrected chi connectivity index (χ1v) is 6.20. The zero-order chi connectivity index (χ0) is 13.1. The zero-order valence-corrected chi connectivity index (χ0v) is 10.8. The van der Waals surface area contributed by atoms with Crippen molar-refractivity contribution < 1.29 is 4.92 Å². The summed E-state index contributed by atoms with van der Waals surface area (Å²) in [7, 11) is 0. The predicted octanol–water partition coefficient (Wildman–Crippen LogP) is 2.68. The monoisotopic (exact) mass is 264 g/mol. The molecule has 2 rings (SSSR count). The number of hydrogen-bond donors (Lipinski definition) is 1. The highest BCUT2D eigenvalue weighted by atomic mass is 32.1. The topological polar surface area (TPSA) is 81.0 Å². The molecule has 0 amide bonds. The molecule has 0 saturated carbocycles. The molecule has 1 N–H and O–H groups in total. The van der Waals surface area contributed by atoms with Gasteiger partial charge in [-0.1, -0.05) is 0 Å². The molecule has 2 aromatic rings. The fourth-order valence-corrected chi connectivity index (χ4v) is 2.18. The second-order valence-corrected chi connectivity index (χ2v) is 4.82. The van der Waals surface area contributed by atoms with E-state index >= 15 is 0 Å². The third-order valence-corrected chi connectivity index (χ3v) is 3.24. The number of nitrogens with one attached hydrogen (secondary N) is 1. The molecular weight excluding hydrogens is 252 g/mol. The van der Waals surface area contributed by atoms with Crippen LogP contribution in [0.15, 0.2) is 17.6 Å². The fourth-order valence-electron chi connectivity index (χ4n) is 1.47. The lowest BCUT2D eigenvalue weighted by Gasteiger charge is -2.04. The van der Waals surface area contributed by atoms with Gasteiger partial charge in [0.15, 0.2) is 0 Å². The molecule has 0 aliphatic heterocycles. The van der Waals surface area contributed by atoms with Gasteiger partial charge in [-0.25, -0.2) is 9.97 Å². The van der Waals surface area contributed by atoms with Crippen molar-refractivity contribution in [3.05, 3.63) is 44.0 Å². The van der Waals surface area contributed by atoms with E-state index in [0.29, 0.717) is 6.54 Å². The molecule has 2 aromatic heterocycles. The van der Waals surface area contributed by atoms with E-state index in [2.05, 4.69) is 15.3 Å². The van der Waals surface area contributed by atoms with Crippen LogP contribution < -0.4 is 5.32 Å². The fraction of sp³-hybridized carbons (Fsp3) is 0.273. The second kappa shape index (κ2) is 5.09. The Bertz CT molecular complexity index is 582. The smallest absolute Gasteiger partial charge is 0.311 e. The number of thiazole rings is 1. The van der Waals surface area contributed by atoms with E-state index in [1.54, 1.807) is 13.1 Å². The van der Waals surface area contributed by atoms with Crippen molar-refractivity contribution >= 4 is 22.8 Å². The van der Waals surface area contributed by atoms with E-state index in [1.807, 2.05) is 12.3 Å². The minimum absolute atomic E-state index is 0.0109. The van der Waals surface area contributed by atoms with Gasteiger partial charge in [0.05, 0.1) is 11.5 Å². The average molecular weight is 264 g/mol.